The van der Waals surface area contributed by atoms with Gasteiger partial charge in [-0.15, -0.1) is 0 Å². The molecule has 0 fully saturated rings. The van der Waals surface area contributed by atoms with Crippen molar-refractivity contribution in [2.75, 3.05) is 6.61 Å². The fourth-order valence-corrected chi connectivity index (χ4v) is 2.24. The smallest absolute Gasteiger partial charge is 0.394 e. The molecule has 1 amide bonds. The number of nitrogens with zero attached hydrogens (tertiary/aromatic N) is 3. The Morgan fingerprint density at radius 3 is 2.46 bits per heavy atom. The van der Waals surface area contributed by atoms with Crippen molar-refractivity contribution in [2.45, 2.75) is 12.2 Å². The minimum atomic E-state index is -4.47. The first-order valence-corrected chi connectivity index (χ1v) is 7.82. The van der Waals surface area contributed by atoms with Crippen LogP contribution in [0.3, 0.4) is 0 Å². The van der Waals surface area contributed by atoms with Crippen molar-refractivity contribution in [1.29, 1.82) is 0 Å². The molecule has 0 saturated heterocycles. The van der Waals surface area contributed by atoms with E-state index in [0.717, 1.165) is 24.4 Å². The highest BCUT2D eigenvalue weighted by atomic mass is 19.4. The monoisotopic (exact) mass is 396 g/mol. The second kappa shape index (κ2) is 7.72. The molecule has 1 aromatic carbocycles. The molecule has 1 unspecified atom stereocenters. The van der Waals surface area contributed by atoms with E-state index in [1.165, 1.54) is 18.2 Å². The van der Waals surface area contributed by atoms with Crippen molar-refractivity contribution in [3.63, 3.8) is 0 Å². The predicted molar refractivity (Wildman–Crippen MR) is 86.2 cm³/mol. The van der Waals surface area contributed by atoms with Crippen LogP contribution in [0.2, 0.25) is 0 Å². The number of hydrogen-bond donors (Lipinski definition) is 2. The summed E-state index contributed by atoms with van der Waals surface area (Å²) in [6.45, 7) is -0.588. The Labute approximate surface area is 155 Å². The topological polar surface area (TPSA) is 101 Å². The van der Waals surface area contributed by atoms with Crippen LogP contribution in [-0.2, 0) is 6.18 Å². The zero-order valence-corrected chi connectivity index (χ0v) is 13.9. The van der Waals surface area contributed by atoms with Gasteiger partial charge >= 0.3 is 6.18 Å². The highest BCUT2D eigenvalue weighted by Gasteiger charge is 2.30. The molecule has 2 N–H and O–H groups in total. The van der Waals surface area contributed by atoms with Crippen molar-refractivity contribution in [3.05, 3.63) is 65.6 Å². The van der Waals surface area contributed by atoms with Gasteiger partial charge in [-0.2, -0.15) is 22.5 Å². The van der Waals surface area contributed by atoms with E-state index in [9.17, 15) is 27.5 Å². The Balaban J connectivity index is 1.75. The third-order valence-electron chi connectivity index (χ3n) is 3.69. The van der Waals surface area contributed by atoms with Gasteiger partial charge in [-0.05, 0) is 24.3 Å². The van der Waals surface area contributed by atoms with Gasteiger partial charge in [0.15, 0.2) is 0 Å². The Morgan fingerprint density at radius 2 is 1.89 bits per heavy atom. The van der Waals surface area contributed by atoms with Crippen LogP contribution in [0.15, 0.2) is 47.1 Å². The van der Waals surface area contributed by atoms with Crippen LogP contribution in [-0.4, -0.2) is 32.7 Å². The summed E-state index contributed by atoms with van der Waals surface area (Å²) in [6.07, 6.45) is -3.46. The van der Waals surface area contributed by atoms with E-state index in [1.807, 2.05) is 0 Å². The molecule has 11 heteroatoms. The summed E-state index contributed by atoms with van der Waals surface area (Å²) in [4.78, 5) is 19.5. The number of amides is 1. The van der Waals surface area contributed by atoms with E-state index in [0.29, 0.717) is 0 Å². The summed E-state index contributed by atoms with van der Waals surface area (Å²) in [5, 5.41) is 15.5. The fourth-order valence-electron chi connectivity index (χ4n) is 2.24. The zero-order valence-electron chi connectivity index (χ0n) is 13.9. The SMILES string of the molecule is O=C(NC(CO)c1nc(-c2ccc(C(F)(F)F)cc2)no1)c1ccc(F)nc1. The van der Waals surface area contributed by atoms with Crippen molar-refractivity contribution >= 4 is 5.91 Å². The molecule has 0 aliphatic rings. The zero-order chi connectivity index (χ0) is 20.3. The first-order valence-electron chi connectivity index (χ1n) is 7.82. The standard InChI is InChI=1S/C17H12F4N4O3/c18-13-6-3-10(7-22-13)15(27)23-12(8-26)16-24-14(25-28-16)9-1-4-11(5-2-9)17(19,20)21/h1-7,12,26H,8H2,(H,23,27). The lowest BCUT2D eigenvalue weighted by Crippen LogP contribution is -2.31. The molecule has 0 aliphatic carbocycles. The van der Waals surface area contributed by atoms with E-state index in [2.05, 4.69) is 20.4 Å². The third kappa shape index (κ3) is 4.31. The Kier molecular flexibility index (Phi) is 5.36. The molecule has 1 atom stereocenters. The summed E-state index contributed by atoms with van der Waals surface area (Å²) in [5.41, 5.74) is -0.524. The highest BCUT2D eigenvalue weighted by molar-refractivity contribution is 5.94. The largest absolute Gasteiger partial charge is 0.416 e. The molecule has 0 spiro atoms. The lowest BCUT2D eigenvalue weighted by Gasteiger charge is -2.11. The second-order valence-corrected chi connectivity index (χ2v) is 5.61. The van der Waals surface area contributed by atoms with E-state index in [1.54, 1.807) is 0 Å². The molecular formula is C17H12F4N4O3. The van der Waals surface area contributed by atoms with E-state index >= 15 is 0 Å². The average molecular weight is 396 g/mol. The number of rotatable bonds is 5. The lowest BCUT2D eigenvalue weighted by molar-refractivity contribution is -0.137. The number of aromatic nitrogens is 3. The first kappa shape index (κ1) is 19.4. The maximum Gasteiger partial charge on any atom is 0.416 e. The number of carbonyl (C=O) groups excluding carboxylic acids is 1. The summed E-state index contributed by atoms with van der Waals surface area (Å²) in [6, 6.07) is 5.22. The van der Waals surface area contributed by atoms with Crippen molar-refractivity contribution in [1.82, 2.24) is 20.4 Å². The third-order valence-corrected chi connectivity index (χ3v) is 3.69. The molecular weight excluding hydrogens is 384 g/mol. The van der Waals surface area contributed by atoms with Gasteiger partial charge in [0, 0.05) is 11.8 Å². The van der Waals surface area contributed by atoms with Crippen LogP contribution in [0.25, 0.3) is 11.4 Å². The van der Waals surface area contributed by atoms with Gasteiger partial charge in [0.05, 0.1) is 17.7 Å². The summed E-state index contributed by atoms with van der Waals surface area (Å²) in [5.74, 6) is -1.59. The Hall–Kier alpha value is -3.34. The number of pyridine rings is 1. The molecule has 0 aliphatic heterocycles. The number of halogens is 4. The number of benzene rings is 1. The van der Waals surface area contributed by atoms with Gasteiger partial charge < -0.3 is 14.9 Å². The highest BCUT2D eigenvalue weighted by Crippen LogP contribution is 2.30. The van der Waals surface area contributed by atoms with Gasteiger partial charge in [0.25, 0.3) is 11.8 Å². The van der Waals surface area contributed by atoms with Gasteiger partial charge in [0.2, 0.25) is 11.8 Å². The molecule has 0 bridgehead atoms. The predicted octanol–water partition coefficient (Wildman–Crippen LogP) is 2.75. The van der Waals surface area contributed by atoms with Crippen LogP contribution in [0.4, 0.5) is 17.6 Å². The van der Waals surface area contributed by atoms with Gasteiger partial charge in [0.1, 0.15) is 6.04 Å². The number of aliphatic hydroxyl groups excluding tert-OH is 1. The minimum absolute atomic E-state index is 0.0140. The first-order chi connectivity index (χ1) is 13.3. The summed E-state index contributed by atoms with van der Waals surface area (Å²) < 4.78 is 55.7. The Morgan fingerprint density at radius 1 is 1.18 bits per heavy atom. The van der Waals surface area contributed by atoms with E-state index in [-0.39, 0.29) is 22.8 Å². The number of hydrogen-bond acceptors (Lipinski definition) is 6. The van der Waals surface area contributed by atoms with Crippen LogP contribution in [0.1, 0.15) is 27.9 Å². The van der Waals surface area contributed by atoms with Crippen LogP contribution >= 0.6 is 0 Å². The van der Waals surface area contributed by atoms with Crippen molar-refractivity contribution in [2.24, 2.45) is 0 Å². The maximum absolute atomic E-state index is 12.8. The molecule has 2 aromatic heterocycles. The lowest BCUT2D eigenvalue weighted by atomic mass is 10.1. The molecule has 0 saturated carbocycles. The normalized spacial score (nSPS) is 12.6. The number of aliphatic hydroxyl groups is 1. The van der Waals surface area contributed by atoms with E-state index < -0.39 is 36.2 Å². The number of carbonyl (C=O) groups is 1. The fraction of sp³-hybridized carbons (Fsp3) is 0.176. The molecule has 3 rings (SSSR count). The summed E-state index contributed by atoms with van der Waals surface area (Å²) in [7, 11) is 0. The molecule has 28 heavy (non-hydrogen) atoms. The van der Waals surface area contributed by atoms with E-state index in [4.69, 9.17) is 4.52 Å². The van der Waals surface area contributed by atoms with Gasteiger partial charge in [-0.1, -0.05) is 17.3 Å². The van der Waals surface area contributed by atoms with Crippen LogP contribution in [0, 0.1) is 5.95 Å². The molecule has 146 valence electrons. The second-order valence-electron chi connectivity index (χ2n) is 5.61. The minimum Gasteiger partial charge on any atom is -0.394 e. The van der Waals surface area contributed by atoms with Crippen LogP contribution < -0.4 is 5.32 Å². The molecule has 2 heterocycles. The summed E-state index contributed by atoms with van der Waals surface area (Å²) >= 11 is 0. The molecule has 7 nitrogen and oxygen atoms in total. The number of alkyl halides is 3. The van der Waals surface area contributed by atoms with Crippen molar-refractivity contribution < 1.29 is 32.0 Å². The molecule has 3 aromatic rings. The van der Waals surface area contributed by atoms with Gasteiger partial charge in [-0.3, -0.25) is 4.79 Å². The van der Waals surface area contributed by atoms with Crippen LogP contribution in [0.5, 0.6) is 0 Å². The average Bonchev–Trinajstić information content (AvgIpc) is 3.16. The number of nitrogens with one attached hydrogen (secondary N) is 1. The Bertz CT molecular complexity index is 956. The maximum atomic E-state index is 12.8. The molecule has 0 radical (unpaired) electrons. The quantitative estimate of drug-likeness (QED) is 0.508. The van der Waals surface area contributed by atoms with Gasteiger partial charge in [-0.25, -0.2) is 4.98 Å². The van der Waals surface area contributed by atoms with Crippen molar-refractivity contribution in [3.8, 4) is 11.4 Å².